The van der Waals surface area contributed by atoms with Crippen molar-refractivity contribution in [2.75, 3.05) is 5.73 Å². The minimum atomic E-state index is 0.503. The van der Waals surface area contributed by atoms with E-state index in [9.17, 15) is 0 Å². The van der Waals surface area contributed by atoms with Crippen LogP contribution in [0, 0.1) is 6.92 Å². The van der Waals surface area contributed by atoms with Crippen molar-refractivity contribution in [1.82, 2.24) is 14.5 Å². The van der Waals surface area contributed by atoms with Crippen molar-refractivity contribution in [3.05, 3.63) is 59.1 Å². The smallest absolute Gasteiger partial charge is 0.123 e. The first-order valence-corrected chi connectivity index (χ1v) is 6.95. The number of nitrogens with zero attached hydrogens (tertiary/aromatic N) is 3. The molecular weight excluding hydrogens is 316 g/mol. The van der Waals surface area contributed by atoms with Crippen LogP contribution in [0.15, 0.2) is 53.5 Å². The van der Waals surface area contributed by atoms with Gasteiger partial charge in [-0.2, -0.15) is 0 Å². The number of halogens is 1. The van der Waals surface area contributed by atoms with E-state index in [0.29, 0.717) is 5.82 Å². The summed E-state index contributed by atoms with van der Waals surface area (Å²) in [6, 6.07) is 9.95. The molecule has 0 radical (unpaired) electrons. The SMILES string of the molecule is Cc1cc(Br)ccc1-n1cncc1-c1ccnc(N)c1. The van der Waals surface area contributed by atoms with Crippen molar-refractivity contribution in [2.24, 2.45) is 0 Å². The van der Waals surface area contributed by atoms with E-state index in [1.165, 1.54) is 5.56 Å². The lowest BCUT2D eigenvalue weighted by Crippen LogP contribution is -1.98. The number of imidazole rings is 1. The van der Waals surface area contributed by atoms with Crippen LogP contribution < -0.4 is 5.73 Å². The van der Waals surface area contributed by atoms with Gasteiger partial charge in [0.1, 0.15) is 5.82 Å². The van der Waals surface area contributed by atoms with Gasteiger partial charge in [-0.1, -0.05) is 15.9 Å². The zero-order chi connectivity index (χ0) is 14.1. The van der Waals surface area contributed by atoms with Crippen molar-refractivity contribution in [3.8, 4) is 16.9 Å². The maximum absolute atomic E-state index is 5.76. The molecule has 0 saturated heterocycles. The van der Waals surface area contributed by atoms with Crippen molar-refractivity contribution in [3.63, 3.8) is 0 Å². The number of pyridine rings is 1. The predicted molar refractivity (Wildman–Crippen MR) is 83.6 cm³/mol. The van der Waals surface area contributed by atoms with E-state index < -0.39 is 0 Å². The van der Waals surface area contributed by atoms with Gasteiger partial charge in [-0.3, -0.25) is 4.57 Å². The van der Waals surface area contributed by atoms with Crippen LogP contribution >= 0.6 is 15.9 Å². The topological polar surface area (TPSA) is 56.7 Å². The highest BCUT2D eigenvalue weighted by molar-refractivity contribution is 9.10. The molecule has 0 saturated carbocycles. The summed E-state index contributed by atoms with van der Waals surface area (Å²) < 4.78 is 3.12. The standard InChI is InChI=1S/C15H13BrN4/c1-10-6-12(16)2-3-13(10)20-9-18-8-14(20)11-4-5-19-15(17)7-11/h2-9H,1H3,(H2,17,19). The van der Waals surface area contributed by atoms with Crippen LogP contribution in [0.3, 0.4) is 0 Å². The Morgan fingerprint density at radius 2 is 2.05 bits per heavy atom. The minimum absolute atomic E-state index is 0.503. The summed E-state index contributed by atoms with van der Waals surface area (Å²) in [5, 5.41) is 0. The number of aromatic nitrogens is 3. The molecule has 100 valence electrons. The molecule has 5 heteroatoms. The molecule has 3 rings (SSSR count). The largest absolute Gasteiger partial charge is 0.384 e. The second-order valence-corrected chi connectivity index (χ2v) is 5.46. The van der Waals surface area contributed by atoms with Crippen LogP contribution in [-0.2, 0) is 0 Å². The number of hydrogen-bond acceptors (Lipinski definition) is 3. The summed E-state index contributed by atoms with van der Waals surface area (Å²) >= 11 is 3.48. The van der Waals surface area contributed by atoms with E-state index in [1.807, 2.05) is 30.7 Å². The molecule has 0 fully saturated rings. The molecule has 4 nitrogen and oxygen atoms in total. The average molecular weight is 329 g/mol. The summed E-state index contributed by atoms with van der Waals surface area (Å²) in [7, 11) is 0. The number of nitrogens with two attached hydrogens (primary N) is 1. The molecule has 2 N–H and O–H groups in total. The van der Waals surface area contributed by atoms with Crippen molar-refractivity contribution in [1.29, 1.82) is 0 Å². The quantitative estimate of drug-likeness (QED) is 0.782. The highest BCUT2D eigenvalue weighted by Gasteiger charge is 2.09. The molecule has 0 aliphatic carbocycles. The third kappa shape index (κ3) is 2.32. The first-order valence-electron chi connectivity index (χ1n) is 6.16. The predicted octanol–water partition coefficient (Wildman–Crippen LogP) is 3.59. The van der Waals surface area contributed by atoms with Gasteiger partial charge < -0.3 is 5.73 Å². The van der Waals surface area contributed by atoms with Crippen LogP contribution in [0.25, 0.3) is 16.9 Å². The van der Waals surface area contributed by atoms with Gasteiger partial charge >= 0.3 is 0 Å². The zero-order valence-corrected chi connectivity index (χ0v) is 12.5. The number of rotatable bonds is 2. The van der Waals surface area contributed by atoms with Crippen molar-refractivity contribution < 1.29 is 0 Å². The third-order valence-electron chi connectivity index (χ3n) is 3.13. The van der Waals surface area contributed by atoms with Gasteiger partial charge in [0.05, 0.1) is 23.9 Å². The molecule has 0 bridgehead atoms. The molecule has 0 unspecified atom stereocenters. The Morgan fingerprint density at radius 3 is 2.80 bits per heavy atom. The average Bonchev–Trinajstić information content (AvgIpc) is 2.87. The third-order valence-corrected chi connectivity index (χ3v) is 3.63. The lowest BCUT2D eigenvalue weighted by molar-refractivity contribution is 1.04. The van der Waals surface area contributed by atoms with Crippen LogP contribution in [-0.4, -0.2) is 14.5 Å². The van der Waals surface area contributed by atoms with Gasteiger partial charge in [0.2, 0.25) is 0 Å². The van der Waals surface area contributed by atoms with E-state index in [4.69, 9.17) is 5.73 Å². The highest BCUT2D eigenvalue weighted by atomic mass is 79.9. The fourth-order valence-electron chi connectivity index (χ4n) is 2.20. The molecule has 2 aromatic heterocycles. The fraction of sp³-hybridized carbons (Fsp3) is 0.0667. The van der Waals surface area contributed by atoms with Crippen LogP contribution in [0.5, 0.6) is 0 Å². The monoisotopic (exact) mass is 328 g/mol. The van der Waals surface area contributed by atoms with E-state index in [-0.39, 0.29) is 0 Å². The van der Waals surface area contributed by atoms with Gasteiger partial charge in [-0.25, -0.2) is 9.97 Å². The normalized spacial score (nSPS) is 10.7. The molecule has 0 amide bonds. The highest BCUT2D eigenvalue weighted by Crippen LogP contribution is 2.26. The summed E-state index contributed by atoms with van der Waals surface area (Å²) in [6.07, 6.45) is 5.34. The molecule has 1 aromatic carbocycles. The molecule has 20 heavy (non-hydrogen) atoms. The number of aryl methyl sites for hydroxylation is 1. The van der Waals surface area contributed by atoms with Gasteiger partial charge in [0, 0.05) is 16.2 Å². The van der Waals surface area contributed by atoms with Gasteiger partial charge in [-0.05, 0) is 42.8 Å². The van der Waals surface area contributed by atoms with E-state index in [1.54, 1.807) is 6.20 Å². The molecule has 3 aromatic rings. The van der Waals surface area contributed by atoms with Crippen molar-refractivity contribution >= 4 is 21.7 Å². The summed E-state index contributed by atoms with van der Waals surface area (Å²) in [5.41, 5.74) is 10.0. The Balaban J connectivity index is 2.15. The maximum atomic E-state index is 5.76. The number of hydrogen-bond donors (Lipinski definition) is 1. The van der Waals surface area contributed by atoms with Crippen LogP contribution in [0.4, 0.5) is 5.82 Å². The van der Waals surface area contributed by atoms with E-state index in [2.05, 4.69) is 49.5 Å². The minimum Gasteiger partial charge on any atom is -0.384 e. The Labute approximate surface area is 125 Å². The van der Waals surface area contributed by atoms with Gasteiger partial charge in [0.25, 0.3) is 0 Å². The molecule has 0 spiro atoms. The van der Waals surface area contributed by atoms with E-state index in [0.717, 1.165) is 21.4 Å². The zero-order valence-electron chi connectivity index (χ0n) is 10.9. The molecule has 0 aliphatic heterocycles. The van der Waals surface area contributed by atoms with E-state index >= 15 is 0 Å². The van der Waals surface area contributed by atoms with Gasteiger partial charge in [-0.15, -0.1) is 0 Å². The number of benzene rings is 1. The molecule has 0 atom stereocenters. The Bertz CT molecular complexity index is 764. The Kier molecular flexibility index (Phi) is 3.28. The summed E-state index contributed by atoms with van der Waals surface area (Å²) in [6.45, 7) is 2.07. The first kappa shape index (κ1) is 12.9. The van der Waals surface area contributed by atoms with Crippen molar-refractivity contribution in [2.45, 2.75) is 6.92 Å². The molecular formula is C15H13BrN4. The second kappa shape index (κ2) is 5.09. The fourth-order valence-corrected chi connectivity index (χ4v) is 2.67. The van der Waals surface area contributed by atoms with Gasteiger partial charge in [0.15, 0.2) is 0 Å². The molecule has 0 aliphatic rings. The summed E-state index contributed by atoms with van der Waals surface area (Å²) in [5.74, 6) is 0.503. The number of nitrogen functional groups attached to an aromatic ring is 1. The van der Waals surface area contributed by atoms with Crippen LogP contribution in [0.2, 0.25) is 0 Å². The Hall–Kier alpha value is -2.14. The first-order chi connectivity index (χ1) is 9.65. The summed E-state index contributed by atoms with van der Waals surface area (Å²) in [4.78, 5) is 8.28. The van der Waals surface area contributed by atoms with Crippen LogP contribution in [0.1, 0.15) is 5.56 Å². The maximum Gasteiger partial charge on any atom is 0.123 e. The lowest BCUT2D eigenvalue weighted by atomic mass is 10.1. The lowest BCUT2D eigenvalue weighted by Gasteiger charge is -2.11. The molecule has 2 heterocycles. The number of anilines is 1. The second-order valence-electron chi connectivity index (χ2n) is 4.55. The Morgan fingerprint density at radius 1 is 1.20 bits per heavy atom.